The number of amides is 1. The number of hydrogen-bond acceptors (Lipinski definition) is 5. The molecule has 0 spiro atoms. The fourth-order valence-corrected chi connectivity index (χ4v) is 3.29. The lowest BCUT2D eigenvalue weighted by atomic mass is 10.2. The minimum Gasteiger partial charge on any atom is -0.493 e. The summed E-state index contributed by atoms with van der Waals surface area (Å²) >= 11 is 1.05. The number of thiazole rings is 1. The predicted octanol–water partition coefficient (Wildman–Crippen LogP) is 4.49. The average molecular weight is 408 g/mol. The Labute approximate surface area is 162 Å². The third-order valence-corrected chi connectivity index (χ3v) is 4.76. The van der Waals surface area contributed by atoms with Crippen molar-refractivity contribution in [2.75, 3.05) is 7.11 Å². The van der Waals surface area contributed by atoms with Crippen LogP contribution in [0.5, 0.6) is 11.5 Å². The smallest absolute Gasteiger partial charge is 0.387 e. The number of ether oxygens (including phenoxy) is 2. The zero-order valence-corrected chi connectivity index (χ0v) is 15.4. The summed E-state index contributed by atoms with van der Waals surface area (Å²) in [5, 5.41) is 3.06. The number of halogens is 3. The van der Waals surface area contributed by atoms with Gasteiger partial charge < -0.3 is 14.8 Å². The Kier molecular flexibility index (Phi) is 6.15. The SMILES string of the molecule is COc1ccc(CNC(=O)c2cnc(-c3ccccc3F)s2)cc1OC(F)F. The number of methoxy groups -OCH3 is 1. The number of carbonyl (C=O) groups is 1. The highest BCUT2D eigenvalue weighted by Gasteiger charge is 2.15. The number of aromatic nitrogens is 1. The van der Waals surface area contributed by atoms with Gasteiger partial charge in [0.05, 0.1) is 13.3 Å². The lowest BCUT2D eigenvalue weighted by molar-refractivity contribution is -0.0512. The Morgan fingerprint density at radius 3 is 2.71 bits per heavy atom. The molecule has 0 bridgehead atoms. The van der Waals surface area contributed by atoms with Gasteiger partial charge in [0.15, 0.2) is 11.5 Å². The van der Waals surface area contributed by atoms with Crippen molar-refractivity contribution in [3.8, 4) is 22.1 Å². The molecule has 0 saturated carbocycles. The molecule has 0 saturated heterocycles. The van der Waals surface area contributed by atoms with Crippen LogP contribution in [0.25, 0.3) is 10.6 Å². The molecule has 0 aliphatic carbocycles. The van der Waals surface area contributed by atoms with E-state index in [1.54, 1.807) is 24.3 Å². The monoisotopic (exact) mass is 408 g/mol. The van der Waals surface area contributed by atoms with E-state index in [1.807, 2.05) is 0 Å². The average Bonchev–Trinajstić information content (AvgIpc) is 3.16. The Balaban J connectivity index is 1.69. The van der Waals surface area contributed by atoms with Gasteiger partial charge in [-0.25, -0.2) is 9.37 Å². The quantitative estimate of drug-likeness (QED) is 0.626. The second kappa shape index (κ2) is 8.75. The molecule has 2 aromatic carbocycles. The third-order valence-electron chi connectivity index (χ3n) is 3.73. The highest BCUT2D eigenvalue weighted by molar-refractivity contribution is 7.16. The van der Waals surface area contributed by atoms with E-state index in [-0.39, 0.29) is 18.0 Å². The summed E-state index contributed by atoms with van der Waals surface area (Å²) < 4.78 is 48.2. The molecule has 28 heavy (non-hydrogen) atoms. The van der Waals surface area contributed by atoms with Gasteiger partial charge in [-0.15, -0.1) is 11.3 Å². The van der Waals surface area contributed by atoms with Gasteiger partial charge in [0.1, 0.15) is 15.7 Å². The van der Waals surface area contributed by atoms with Crippen LogP contribution >= 0.6 is 11.3 Å². The van der Waals surface area contributed by atoms with Gasteiger partial charge in [-0.05, 0) is 29.8 Å². The summed E-state index contributed by atoms with van der Waals surface area (Å²) in [6.07, 6.45) is 1.36. The Hall–Kier alpha value is -3.07. The summed E-state index contributed by atoms with van der Waals surface area (Å²) in [5.41, 5.74) is 0.860. The standard InChI is InChI=1S/C19H15F3N2O3S/c1-26-14-7-6-11(8-15(14)27-19(21)22)9-23-17(25)16-10-24-18(28-16)12-4-2-3-5-13(12)20/h2-8,10,19H,9H2,1H3,(H,23,25). The summed E-state index contributed by atoms with van der Waals surface area (Å²) in [6.45, 7) is -2.91. The molecule has 146 valence electrons. The van der Waals surface area contributed by atoms with Crippen molar-refractivity contribution in [3.63, 3.8) is 0 Å². The van der Waals surface area contributed by atoms with Crippen molar-refractivity contribution < 1.29 is 27.4 Å². The minimum atomic E-state index is -2.99. The van der Waals surface area contributed by atoms with Crippen molar-refractivity contribution in [1.29, 1.82) is 0 Å². The van der Waals surface area contributed by atoms with Crippen molar-refractivity contribution in [2.24, 2.45) is 0 Å². The number of benzene rings is 2. The van der Waals surface area contributed by atoms with Gasteiger partial charge in [-0.3, -0.25) is 4.79 Å². The van der Waals surface area contributed by atoms with Crippen LogP contribution in [0, 0.1) is 5.82 Å². The Morgan fingerprint density at radius 1 is 1.21 bits per heavy atom. The van der Waals surface area contributed by atoms with E-state index in [9.17, 15) is 18.0 Å². The maximum Gasteiger partial charge on any atom is 0.387 e. The van der Waals surface area contributed by atoms with E-state index in [1.165, 1.54) is 31.5 Å². The highest BCUT2D eigenvalue weighted by atomic mass is 32.1. The zero-order chi connectivity index (χ0) is 20.1. The summed E-state index contributed by atoms with van der Waals surface area (Å²) in [6, 6.07) is 10.6. The fraction of sp³-hybridized carbons (Fsp3) is 0.158. The van der Waals surface area contributed by atoms with Gasteiger partial charge >= 0.3 is 6.61 Å². The molecule has 3 aromatic rings. The van der Waals surface area contributed by atoms with Crippen LogP contribution in [0.4, 0.5) is 13.2 Å². The van der Waals surface area contributed by atoms with E-state index in [4.69, 9.17) is 4.74 Å². The molecule has 0 aliphatic rings. The highest BCUT2D eigenvalue weighted by Crippen LogP contribution is 2.30. The molecule has 3 rings (SSSR count). The molecule has 0 unspecified atom stereocenters. The molecule has 1 aromatic heterocycles. The normalized spacial score (nSPS) is 10.8. The molecule has 1 heterocycles. The van der Waals surface area contributed by atoms with Crippen molar-refractivity contribution in [1.82, 2.24) is 10.3 Å². The van der Waals surface area contributed by atoms with Crippen LogP contribution in [0.15, 0.2) is 48.7 Å². The number of nitrogens with zero attached hydrogens (tertiary/aromatic N) is 1. The molecule has 0 aliphatic heterocycles. The van der Waals surface area contributed by atoms with Gasteiger partial charge in [-0.1, -0.05) is 18.2 Å². The van der Waals surface area contributed by atoms with Gasteiger partial charge in [0.25, 0.3) is 5.91 Å². The topological polar surface area (TPSA) is 60.5 Å². The maximum absolute atomic E-state index is 13.8. The fourth-order valence-electron chi connectivity index (χ4n) is 2.43. The number of nitrogens with one attached hydrogen (secondary N) is 1. The number of alkyl halides is 2. The Bertz CT molecular complexity index is 979. The lowest BCUT2D eigenvalue weighted by Crippen LogP contribution is -2.21. The molecule has 0 fully saturated rings. The molecule has 5 nitrogen and oxygen atoms in total. The molecule has 1 N–H and O–H groups in total. The molecule has 9 heteroatoms. The first kappa shape index (κ1) is 19.7. The summed E-state index contributed by atoms with van der Waals surface area (Å²) in [4.78, 5) is 16.7. The van der Waals surface area contributed by atoms with E-state index in [0.29, 0.717) is 21.0 Å². The molecule has 0 radical (unpaired) electrons. The third kappa shape index (κ3) is 4.61. The summed E-state index contributed by atoms with van der Waals surface area (Å²) in [7, 11) is 1.34. The molecule has 1 amide bonds. The molecular formula is C19H15F3N2O3S. The largest absolute Gasteiger partial charge is 0.493 e. The van der Waals surface area contributed by atoms with Crippen LogP contribution in [-0.4, -0.2) is 24.6 Å². The molecule has 0 atom stereocenters. The van der Waals surface area contributed by atoms with Crippen LogP contribution in [0.3, 0.4) is 0 Å². The van der Waals surface area contributed by atoms with E-state index < -0.39 is 18.3 Å². The number of hydrogen-bond donors (Lipinski definition) is 1. The van der Waals surface area contributed by atoms with Crippen LogP contribution in [-0.2, 0) is 6.54 Å². The number of rotatable bonds is 7. The van der Waals surface area contributed by atoms with E-state index in [2.05, 4.69) is 15.0 Å². The zero-order valence-electron chi connectivity index (χ0n) is 14.6. The first-order chi connectivity index (χ1) is 13.5. The van der Waals surface area contributed by atoms with Crippen LogP contribution in [0.2, 0.25) is 0 Å². The maximum atomic E-state index is 13.8. The first-order valence-corrected chi connectivity index (χ1v) is 8.90. The van der Waals surface area contributed by atoms with Gasteiger partial charge in [0.2, 0.25) is 0 Å². The van der Waals surface area contributed by atoms with E-state index in [0.717, 1.165) is 11.3 Å². The van der Waals surface area contributed by atoms with Gasteiger partial charge in [0, 0.05) is 12.1 Å². The minimum absolute atomic E-state index is 0.0787. The van der Waals surface area contributed by atoms with E-state index >= 15 is 0 Å². The summed E-state index contributed by atoms with van der Waals surface area (Å²) in [5.74, 6) is -0.794. The van der Waals surface area contributed by atoms with Crippen molar-refractivity contribution >= 4 is 17.2 Å². The molecular weight excluding hydrogens is 393 g/mol. The van der Waals surface area contributed by atoms with Gasteiger partial charge in [-0.2, -0.15) is 8.78 Å². The van der Waals surface area contributed by atoms with Crippen molar-refractivity contribution in [3.05, 3.63) is 64.9 Å². The predicted molar refractivity (Wildman–Crippen MR) is 98.3 cm³/mol. The second-order valence-corrected chi connectivity index (χ2v) is 6.59. The number of carbonyl (C=O) groups excluding carboxylic acids is 1. The van der Waals surface area contributed by atoms with Crippen LogP contribution < -0.4 is 14.8 Å². The van der Waals surface area contributed by atoms with Crippen molar-refractivity contribution in [2.45, 2.75) is 13.2 Å². The first-order valence-electron chi connectivity index (χ1n) is 8.08. The lowest BCUT2D eigenvalue weighted by Gasteiger charge is -2.11. The van der Waals surface area contributed by atoms with Crippen LogP contribution in [0.1, 0.15) is 15.2 Å². The second-order valence-electron chi connectivity index (χ2n) is 5.56. The Morgan fingerprint density at radius 2 is 2.00 bits per heavy atom.